The Labute approximate surface area is 198 Å². The van der Waals surface area contributed by atoms with Crippen molar-refractivity contribution in [3.05, 3.63) is 88.3 Å². The Morgan fingerprint density at radius 1 is 1.03 bits per heavy atom. The molecular weight excluding hydrogens is 463 g/mol. The second-order valence-electron chi connectivity index (χ2n) is 7.69. The fraction of sp³-hybridized carbons (Fsp3) is 0.192. The second kappa shape index (κ2) is 9.87. The number of ether oxygens (including phenoxy) is 1. The van der Waals surface area contributed by atoms with Crippen LogP contribution in [0.2, 0.25) is 0 Å². The zero-order valence-corrected chi connectivity index (χ0v) is 19.1. The van der Waals surface area contributed by atoms with Gasteiger partial charge in [-0.3, -0.25) is 4.79 Å². The number of benzene rings is 3. The fourth-order valence-electron chi connectivity index (χ4n) is 3.51. The lowest BCUT2D eigenvalue weighted by molar-refractivity contribution is -0.137. The van der Waals surface area contributed by atoms with Gasteiger partial charge in [-0.2, -0.15) is 13.2 Å². The normalized spacial score (nSPS) is 11.6. The number of fused-ring (bicyclic) bond motifs is 1. The van der Waals surface area contributed by atoms with Crippen molar-refractivity contribution in [3.8, 4) is 17.2 Å². The van der Waals surface area contributed by atoms with Crippen molar-refractivity contribution in [2.75, 3.05) is 13.1 Å². The summed E-state index contributed by atoms with van der Waals surface area (Å²) in [6.45, 7) is 3.81. The number of halogens is 3. The predicted octanol–water partition coefficient (Wildman–Crippen LogP) is 6.80. The van der Waals surface area contributed by atoms with E-state index in [4.69, 9.17) is 4.74 Å². The van der Waals surface area contributed by atoms with Gasteiger partial charge in [0.25, 0.3) is 0 Å². The van der Waals surface area contributed by atoms with Crippen molar-refractivity contribution in [1.29, 1.82) is 0 Å². The van der Waals surface area contributed by atoms with E-state index < -0.39 is 17.5 Å². The Bertz CT molecular complexity index is 1300. The minimum Gasteiger partial charge on any atom is -0.508 e. The number of likely N-dealkylation sites (N-methyl/N-ethyl adjacent to an activating group) is 1. The van der Waals surface area contributed by atoms with Crippen LogP contribution in [0.5, 0.6) is 17.2 Å². The smallest absolute Gasteiger partial charge is 0.416 e. The number of ketones is 1. The molecule has 0 bridgehead atoms. The van der Waals surface area contributed by atoms with Crippen molar-refractivity contribution in [2.24, 2.45) is 0 Å². The number of nitrogens with one attached hydrogen (secondary N) is 1. The first-order valence-corrected chi connectivity index (χ1v) is 11.5. The summed E-state index contributed by atoms with van der Waals surface area (Å²) >= 11 is 1.12. The van der Waals surface area contributed by atoms with Crippen molar-refractivity contribution < 1.29 is 27.8 Å². The second-order valence-corrected chi connectivity index (χ2v) is 8.75. The van der Waals surface area contributed by atoms with Crippen molar-refractivity contribution >= 4 is 27.2 Å². The van der Waals surface area contributed by atoms with Crippen molar-refractivity contribution in [1.82, 2.24) is 5.32 Å². The molecule has 0 fully saturated rings. The molecule has 0 unspecified atom stereocenters. The fourth-order valence-corrected chi connectivity index (χ4v) is 4.63. The lowest BCUT2D eigenvalue weighted by Crippen LogP contribution is -2.15. The molecule has 0 spiro atoms. The summed E-state index contributed by atoms with van der Waals surface area (Å²) in [7, 11) is 0. The number of hydrogen-bond acceptors (Lipinski definition) is 5. The van der Waals surface area contributed by atoms with Gasteiger partial charge in [-0.1, -0.05) is 31.2 Å². The Kier molecular flexibility index (Phi) is 6.90. The molecule has 0 amide bonds. The standard InChI is InChI=1S/C26H22F3NO3S/c1-2-30-14-13-16-3-10-20(11-4-16)33-24-21-12-9-19(31)15-22(21)34-25(24)23(32)17-5-7-18(8-6-17)26(27,28)29/h3-12,15,30-31H,2,13-14H2,1H3. The molecule has 176 valence electrons. The lowest BCUT2D eigenvalue weighted by Gasteiger charge is -2.10. The van der Waals surface area contributed by atoms with E-state index in [1.54, 1.807) is 6.07 Å². The zero-order chi connectivity index (χ0) is 24.3. The van der Waals surface area contributed by atoms with Crippen LogP contribution in [-0.2, 0) is 12.6 Å². The highest BCUT2D eigenvalue weighted by atomic mass is 32.1. The van der Waals surface area contributed by atoms with Gasteiger partial charge in [0.15, 0.2) is 5.75 Å². The van der Waals surface area contributed by atoms with Gasteiger partial charge in [-0.25, -0.2) is 0 Å². The van der Waals surface area contributed by atoms with Crippen LogP contribution in [0.3, 0.4) is 0 Å². The summed E-state index contributed by atoms with van der Waals surface area (Å²) in [5.41, 5.74) is 0.429. The number of phenolic OH excluding ortho intramolecular Hbond substituents is 1. The van der Waals surface area contributed by atoms with E-state index in [1.165, 1.54) is 12.1 Å². The monoisotopic (exact) mass is 485 g/mol. The third kappa shape index (κ3) is 5.24. The number of hydrogen-bond donors (Lipinski definition) is 2. The molecule has 1 aromatic heterocycles. The van der Waals surface area contributed by atoms with E-state index in [-0.39, 0.29) is 16.2 Å². The third-order valence-corrected chi connectivity index (χ3v) is 6.43. The summed E-state index contributed by atoms with van der Waals surface area (Å²) in [5, 5.41) is 13.8. The summed E-state index contributed by atoms with van der Waals surface area (Å²) < 4.78 is 45.5. The average Bonchev–Trinajstić information content (AvgIpc) is 3.16. The highest BCUT2D eigenvalue weighted by Crippen LogP contribution is 2.43. The summed E-state index contributed by atoms with van der Waals surface area (Å²) in [6.07, 6.45) is -3.61. The van der Waals surface area contributed by atoms with E-state index in [9.17, 15) is 23.1 Å². The third-order valence-electron chi connectivity index (χ3n) is 5.29. The molecule has 1 heterocycles. The lowest BCUT2D eigenvalue weighted by atomic mass is 10.1. The molecule has 3 aromatic carbocycles. The number of thiophene rings is 1. The van der Waals surface area contributed by atoms with Gasteiger partial charge in [0, 0.05) is 15.6 Å². The van der Waals surface area contributed by atoms with Gasteiger partial charge in [-0.15, -0.1) is 11.3 Å². The van der Waals surface area contributed by atoms with Crippen LogP contribution in [0.1, 0.15) is 33.3 Å². The van der Waals surface area contributed by atoms with Crippen LogP contribution in [-0.4, -0.2) is 24.0 Å². The Balaban J connectivity index is 1.67. The molecule has 4 nitrogen and oxygen atoms in total. The maximum atomic E-state index is 13.3. The van der Waals surface area contributed by atoms with Crippen LogP contribution >= 0.6 is 11.3 Å². The van der Waals surface area contributed by atoms with Crippen molar-refractivity contribution in [2.45, 2.75) is 19.5 Å². The average molecular weight is 486 g/mol. The maximum Gasteiger partial charge on any atom is 0.416 e. The summed E-state index contributed by atoms with van der Waals surface area (Å²) in [4.78, 5) is 13.5. The number of carbonyl (C=O) groups excluding carboxylic acids is 1. The van der Waals surface area contributed by atoms with Gasteiger partial charge in [0.2, 0.25) is 5.78 Å². The van der Waals surface area contributed by atoms with Crippen molar-refractivity contribution in [3.63, 3.8) is 0 Å². The molecule has 4 rings (SSSR count). The predicted molar refractivity (Wildman–Crippen MR) is 127 cm³/mol. The van der Waals surface area contributed by atoms with Gasteiger partial charge < -0.3 is 15.2 Å². The molecular formula is C26H22F3NO3S. The number of alkyl halides is 3. The Hall–Kier alpha value is -3.36. The number of rotatable bonds is 8. The van der Waals surface area contributed by atoms with Gasteiger partial charge in [0.05, 0.1) is 5.56 Å². The SMILES string of the molecule is CCNCCc1ccc(Oc2c(C(=O)c3ccc(C(F)(F)F)cc3)sc3cc(O)ccc23)cc1. The van der Waals surface area contributed by atoms with E-state index >= 15 is 0 Å². The Morgan fingerprint density at radius 3 is 2.38 bits per heavy atom. The quantitative estimate of drug-likeness (QED) is 0.213. The van der Waals surface area contributed by atoms with Gasteiger partial charge >= 0.3 is 6.18 Å². The minimum atomic E-state index is -4.48. The largest absolute Gasteiger partial charge is 0.508 e. The zero-order valence-electron chi connectivity index (χ0n) is 18.3. The number of aromatic hydroxyl groups is 1. The molecule has 34 heavy (non-hydrogen) atoms. The van der Waals surface area contributed by atoms with Crippen LogP contribution in [0.4, 0.5) is 13.2 Å². The molecule has 2 N–H and O–H groups in total. The molecule has 0 aliphatic rings. The molecule has 8 heteroatoms. The van der Waals surface area contributed by atoms with E-state index in [0.29, 0.717) is 21.6 Å². The minimum absolute atomic E-state index is 0.0406. The summed E-state index contributed by atoms with van der Waals surface area (Å²) in [6, 6.07) is 16.3. The molecule has 0 aliphatic heterocycles. The van der Waals surface area contributed by atoms with Crippen LogP contribution < -0.4 is 10.1 Å². The van der Waals surface area contributed by atoms with Gasteiger partial charge in [0.1, 0.15) is 16.4 Å². The number of phenols is 1. The van der Waals surface area contributed by atoms with Crippen LogP contribution in [0.25, 0.3) is 10.1 Å². The topological polar surface area (TPSA) is 58.6 Å². The first-order chi connectivity index (χ1) is 16.3. The molecule has 0 saturated carbocycles. The first-order valence-electron chi connectivity index (χ1n) is 10.7. The van der Waals surface area contributed by atoms with Crippen LogP contribution in [0, 0.1) is 0 Å². The van der Waals surface area contributed by atoms with Crippen LogP contribution in [0.15, 0.2) is 66.7 Å². The highest BCUT2D eigenvalue weighted by Gasteiger charge is 2.30. The highest BCUT2D eigenvalue weighted by molar-refractivity contribution is 7.21. The molecule has 4 aromatic rings. The molecule has 0 aliphatic carbocycles. The molecule has 0 atom stereocenters. The van der Waals surface area contributed by atoms with E-state index in [1.807, 2.05) is 31.2 Å². The molecule has 0 radical (unpaired) electrons. The first kappa shape index (κ1) is 23.8. The number of carbonyl (C=O) groups is 1. The Morgan fingerprint density at radius 2 is 1.74 bits per heavy atom. The summed E-state index contributed by atoms with van der Waals surface area (Å²) in [5.74, 6) is 0.428. The maximum absolute atomic E-state index is 13.3. The molecule has 0 saturated heterocycles. The van der Waals surface area contributed by atoms with Gasteiger partial charge in [-0.05, 0) is 67.5 Å². The van der Waals surface area contributed by atoms with E-state index in [0.717, 1.165) is 60.7 Å². The van der Waals surface area contributed by atoms with E-state index in [2.05, 4.69) is 5.32 Å².